The second-order valence-corrected chi connectivity index (χ2v) is 7.95. The van der Waals surface area contributed by atoms with Gasteiger partial charge in [-0.1, -0.05) is 24.3 Å². The molecule has 0 spiro atoms. The van der Waals surface area contributed by atoms with Crippen LogP contribution in [0, 0.1) is 6.92 Å². The van der Waals surface area contributed by atoms with E-state index in [-0.39, 0.29) is 17.1 Å². The molecule has 1 heterocycles. The van der Waals surface area contributed by atoms with Crippen LogP contribution in [0.1, 0.15) is 48.7 Å². The molecule has 5 nitrogen and oxygen atoms in total. The lowest BCUT2D eigenvalue weighted by Gasteiger charge is -2.25. The van der Waals surface area contributed by atoms with E-state index in [9.17, 15) is 14.4 Å². The lowest BCUT2D eigenvalue weighted by atomic mass is 9.77. The third-order valence-electron chi connectivity index (χ3n) is 6.31. The Kier molecular flexibility index (Phi) is 3.31. The summed E-state index contributed by atoms with van der Waals surface area (Å²) in [5.41, 5.74) is 6.39. The molecular weight excluding hydrogens is 376 g/mol. The third kappa shape index (κ3) is 2.17. The molecule has 0 fully saturated rings. The minimum absolute atomic E-state index is 0.106. The summed E-state index contributed by atoms with van der Waals surface area (Å²) in [6.45, 7) is 1.87. The number of hydrogen-bond acceptors (Lipinski definition) is 4. The number of hydrogen-bond donors (Lipinski definition) is 1. The molecule has 0 saturated carbocycles. The van der Waals surface area contributed by atoms with Gasteiger partial charge in [0, 0.05) is 27.6 Å². The summed E-state index contributed by atoms with van der Waals surface area (Å²) in [6.07, 6.45) is 1.59. The maximum atomic E-state index is 13.1. The van der Waals surface area contributed by atoms with Crippen LogP contribution in [0.3, 0.4) is 0 Å². The third-order valence-corrected chi connectivity index (χ3v) is 6.31. The number of rotatable bonds is 0. The van der Waals surface area contributed by atoms with E-state index in [0.717, 1.165) is 46.2 Å². The second-order valence-electron chi connectivity index (χ2n) is 7.95. The zero-order chi connectivity index (χ0) is 20.6. The molecule has 1 N–H and O–H groups in total. The fourth-order valence-corrected chi connectivity index (χ4v) is 4.76. The molecule has 5 heteroatoms. The van der Waals surface area contributed by atoms with Crippen LogP contribution in [0.15, 0.2) is 53.3 Å². The van der Waals surface area contributed by atoms with Gasteiger partial charge < -0.3 is 0 Å². The van der Waals surface area contributed by atoms with Crippen LogP contribution in [-0.4, -0.2) is 21.8 Å². The number of H-pyrrole nitrogens is 1. The quantitative estimate of drug-likeness (QED) is 0.435. The van der Waals surface area contributed by atoms with Gasteiger partial charge in [-0.2, -0.15) is 5.10 Å². The van der Waals surface area contributed by atoms with E-state index in [1.54, 1.807) is 24.3 Å². The van der Waals surface area contributed by atoms with E-state index >= 15 is 0 Å². The fraction of sp³-hybridized carbons (Fsp3) is 0.120. The van der Waals surface area contributed by atoms with E-state index in [4.69, 9.17) is 0 Å². The van der Waals surface area contributed by atoms with Crippen molar-refractivity contribution in [1.29, 1.82) is 0 Å². The zero-order valence-electron chi connectivity index (χ0n) is 16.2. The van der Waals surface area contributed by atoms with Crippen molar-refractivity contribution >= 4 is 22.3 Å². The highest BCUT2D eigenvalue weighted by molar-refractivity contribution is 6.28. The van der Waals surface area contributed by atoms with Crippen molar-refractivity contribution in [3.8, 4) is 11.1 Å². The van der Waals surface area contributed by atoms with Gasteiger partial charge >= 0.3 is 0 Å². The van der Waals surface area contributed by atoms with Crippen molar-refractivity contribution in [3.63, 3.8) is 0 Å². The number of ketones is 2. The second kappa shape index (κ2) is 5.83. The SMILES string of the molecule is Cc1n[nH]c(=O)c2cc3c(cc12)CCc1cc2c(cc1-3)C(=O)c1ccccc1C2=O. The molecule has 0 atom stereocenters. The number of aryl methyl sites for hydroxylation is 3. The van der Waals surface area contributed by atoms with E-state index in [0.29, 0.717) is 27.6 Å². The van der Waals surface area contributed by atoms with Crippen LogP contribution in [0.25, 0.3) is 21.9 Å². The summed E-state index contributed by atoms with van der Waals surface area (Å²) in [7, 11) is 0. The Labute approximate surface area is 171 Å². The van der Waals surface area contributed by atoms with Gasteiger partial charge in [0.15, 0.2) is 11.6 Å². The van der Waals surface area contributed by atoms with Crippen LogP contribution < -0.4 is 5.56 Å². The maximum absolute atomic E-state index is 13.1. The molecule has 0 radical (unpaired) electrons. The lowest BCUT2D eigenvalue weighted by molar-refractivity contribution is 0.0979. The first-order valence-electron chi connectivity index (χ1n) is 9.90. The Morgan fingerprint density at radius 1 is 0.700 bits per heavy atom. The summed E-state index contributed by atoms with van der Waals surface area (Å²) in [6, 6.07) is 14.6. The summed E-state index contributed by atoms with van der Waals surface area (Å²) >= 11 is 0. The first kappa shape index (κ1) is 17.0. The van der Waals surface area contributed by atoms with Crippen LogP contribution in [0.4, 0.5) is 0 Å². The molecule has 144 valence electrons. The minimum Gasteiger partial charge on any atom is -0.289 e. The highest BCUT2D eigenvalue weighted by Gasteiger charge is 2.31. The van der Waals surface area contributed by atoms with Crippen LogP contribution in [-0.2, 0) is 12.8 Å². The van der Waals surface area contributed by atoms with E-state index in [2.05, 4.69) is 10.2 Å². The topological polar surface area (TPSA) is 79.9 Å². The highest BCUT2D eigenvalue weighted by Crippen LogP contribution is 2.39. The molecule has 2 aliphatic rings. The van der Waals surface area contributed by atoms with Crippen molar-refractivity contribution in [3.05, 3.63) is 98.0 Å². The molecular formula is C25H16N2O3. The highest BCUT2D eigenvalue weighted by atomic mass is 16.1. The average molecular weight is 392 g/mol. The van der Waals surface area contributed by atoms with Crippen molar-refractivity contribution in [2.45, 2.75) is 19.8 Å². The number of benzene rings is 3. The fourth-order valence-electron chi connectivity index (χ4n) is 4.76. The Morgan fingerprint density at radius 2 is 1.30 bits per heavy atom. The van der Waals surface area contributed by atoms with Gasteiger partial charge in [0.25, 0.3) is 5.56 Å². The van der Waals surface area contributed by atoms with Crippen molar-refractivity contribution in [1.82, 2.24) is 10.2 Å². The molecule has 0 amide bonds. The van der Waals surface area contributed by atoms with Crippen LogP contribution in [0.2, 0.25) is 0 Å². The monoisotopic (exact) mass is 392 g/mol. The molecule has 4 aromatic rings. The minimum atomic E-state index is -0.233. The predicted molar refractivity (Wildman–Crippen MR) is 113 cm³/mol. The Bertz CT molecular complexity index is 1510. The molecule has 30 heavy (non-hydrogen) atoms. The normalized spacial score (nSPS) is 14.2. The molecule has 6 rings (SSSR count). The largest absolute Gasteiger partial charge is 0.289 e. The van der Waals surface area contributed by atoms with Gasteiger partial charge in [-0.3, -0.25) is 14.4 Å². The number of carbonyl (C=O) groups excluding carboxylic acids is 2. The first-order valence-corrected chi connectivity index (χ1v) is 9.90. The Balaban J connectivity index is 1.63. The summed E-state index contributed by atoms with van der Waals surface area (Å²) in [5, 5.41) is 8.05. The molecule has 1 aromatic heterocycles. The van der Waals surface area contributed by atoms with Gasteiger partial charge in [-0.15, -0.1) is 0 Å². The van der Waals surface area contributed by atoms with Gasteiger partial charge in [-0.05, 0) is 66.3 Å². The van der Waals surface area contributed by atoms with Gasteiger partial charge in [0.05, 0.1) is 11.1 Å². The molecule has 0 bridgehead atoms. The van der Waals surface area contributed by atoms with Gasteiger partial charge in [0.1, 0.15) is 0 Å². The maximum Gasteiger partial charge on any atom is 0.272 e. The predicted octanol–water partition coefficient (Wildman–Crippen LogP) is 3.77. The van der Waals surface area contributed by atoms with Crippen molar-refractivity contribution < 1.29 is 9.59 Å². The summed E-state index contributed by atoms with van der Waals surface area (Å²) < 4.78 is 0. The average Bonchev–Trinajstić information content (AvgIpc) is 2.78. The Morgan fingerprint density at radius 3 is 2.00 bits per heavy atom. The van der Waals surface area contributed by atoms with Crippen molar-refractivity contribution in [2.24, 2.45) is 0 Å². The van der Waals surface area contributed by atoms with Gasteiger partial charge in [-0.25, -0.2) is 5.10 Å². The number of fused-ring (bicyclic) bond motifs is 6. The number of aromatic amines is 1. The smallest absolute Gasteiger partial charge is 0.272 e. The standard InChI is InChI=1S/C25H16N2O3/c1-12-17-8-13-6-7-14-9-20-21(24(29)16-5-3-2-4-15(16)23(20)28)10-18(14)19(13)11-22(17)25(30)27-26-12/h2-5,8-11H,6-7H2,1H3,(H,27,30). The number of nitrogens with zero attached hydrogens (tertiary/aromatic N) is 1. The van der Waals surface area contributed by atoms with E-state index in [1.807, 2.05) is 31.2 Å². The first-order chi connectivity index (χ1) is 14.5. The number of carbonyl (C=O) groups is 2. The Hall–Kier alpha value is -3.86. The molecule has 0 aliphatic heterocycles. The zero-order valence-corrected chi connectivity index (χ0v) is 16.2. The van der Waals surface area contributed by atoms with Crippen LogP contribution in [0.5, 0.6) is 0 Å². The lowest BCUT2D eigenvalue weighted by Crippen LogP contribution is -2.22. The van der Waals surface area contributed by atoms with Gasteiger partial charge in [0.2, 0.25) is 0 Å². The molecule has 0 unspecified atom stereocenters. The van der Waals surface area contributed by atoms with E-state index < -0.39 is 0 Å². The van der Waals surface area contributed by atoms with Crippen molar-refractivity contribution in [2.75, 3.05) is 0 Å². The summed E-state index contributed by atoms with van der Waals surface area (Å²) in [4.78, 5) is 38.6. The molecule has 2 aliphatic carbocycles. The van der Waals surface area contributed by atoms with E-state index in [1.165, 1.54) is 0 Å². The summed E-state index contributed by atoms with van der Waals surface area (Å²) in [5.74, 6) is -0.237. The van der Waals surface area contributed by atoms with Crippen LogP contribution >= 0.6 is 0 Å². The molecule has 3 aromatic carbocycles. The number of aromatic nitrogens is 2. The molecule has 0 saturated heterocycles. The number of nitrogens with one attached hydrogen (secondary N) is 1.